The Morgan fingerprint density at radius 2 is 1.62 bits per heavy atom. The molecule has 0 aliphatic heterocycles. The Morgan fingerprint density at radius 3 is 2.23 bits per heavy atom. The van der Waals surface area contributed by atoms with Crippen LogP contribution in [0.5, 0.6) is 11.5 Å². The van der Waals surface area contributed by atoms with Crippen LogP contribution in [0.2, 0.25) is 0 Å². The van der Waals surface area contributed by atoms with Gasteiger partial charge in [0.2, 0.25) is 0 Å². The average Bonchev–Trinajstić information content (AvgIpc) is 2.65. The van der Waals surface area contributed by atoms with E-state index in [-0.39, 0.29) is 29.8 Å². The van der Waals surface area contributed by atoms with Crippen LogP contribution >= 0.6 is 24.0 Å². The summed E-state index contributed by atoms with van der Waals surface area (Å²) in [5, 5.41) is 6.43. The smallest absolute Gasteiger partial charge is 0.191 e. The fraction of sp³-hybridized carbons (Fsp3) is 0.316. The number of ether oxygens (including phenoxy) is 2. The topological polar surface area (TPSA) is 54.9 Å². The van der Waals surface area contributed by atoms with Gasteiger partial charge < -0.3 is 20.1 Å². The second kappa shape index (κ2) is 11.6. The van der Waals surface area contributed by atoms with Crippen LogP contribution in [-0.4, -0.2) is 26.7 Å². The second-order valence-corrected chi connectivity index (χ2v) is 5.36. The van der Waals surface area contributed by atoms with E-state index < -0.39 is 0 Å². The van der Waals surface area contributed by atoms with Gasteiger partial charge in [-0.1, -0.05) is 18.2 Å². The van der Waals surface area contributed by atoms with Crippen molar-refractivity contribution in [3.63, 3.8) is 0 Å². The molecule has 0 aromatic heterocycles. The first-order valence-electron chi connectivity index (χ1n) is 8.13. The average molecular weight is 473 g/mol. The molecule has 0 bridgehead atoms. The van der Waals surface area contributed by atoms with E-state index in [2.05, 4.69) is 15.6 Å². The Morgan fingerprint density at radius 1 is 0.962 bits per heavy atom. The first-order valence-corrected chi connectivity index (χ1v) is 8.13. The molecule has 7 heteroatoms. The highest BCUT2D eigenvalue weighted by molar-refractivity contribution is 14.0. The fourth-order valence-corrected chi connectivity index (χ4v) is 2.28. The molecular formula is C19H25FIN3O2. The Balaban J connectivity index is 0.00000338. The summed E-state index contributed by atoms with van der Waals surface area (Å²) in [6.45, 7) is 3.82. The molecule has 0 atom stereocenters. The lowest BCUT2D eigenvalue weighted by Crippen LogP contribution is -2.36. The van der Waals surface area contributed by atoms with Crippen molar-refractivity contribution in [1.82, 2.24) is 10.6 Å². The summed E-state index contributed by atoms with van der Waals surface area (Å²) >= 11 is 0. The highest BCUT2D eigenvalue weighted by atomic mass is 127. The molecule has 0 spiro atoms. The number of guanidine groups is 1. The van der Waals surface area contributed by atoms with Crippen LogP contribution in [0.25, 0.3) is 0 Å². The monoisotopic (exact) mass is 473 g/mol. The van der Waals surface area contributed by atoms with E-state index in [0.29, 0.717) is 30.5 Å². The van der Waals surface area contributed by atoms with Crippen molar-refractivity contribution < 1.29 is 13.9 Å². The summed E-state index contributed by atoms with van der Waals surface area (Å²) in [7, 11) is 3.22. The molecule has 2 rings (SSSR count). The maximum atomic E-state index is 13.0. The van der Waals surface area contributed by atoms with Crippen molar-refractivity contribution in [1.29, 1.82) is 0 Å². The van der Waals surface area contributed by atoms with Gasteiger partial charge in [-0.2, -0.15) is 0 Å². The summed E-state index contributed by atoms with van der Waals surface area (Å²) in [5.74, 6) is 1.83. The number of nitrogens with one attached hydrogen (secondary N) is 2. The highest BCUT2D eigenvalue weighted by Gasteiger charge is 2.05. The second-order valence-electron chi connectivity index (χ2n) is 5.36. The molecule has 142 valence electrons. The summed E-state index contributed by atoms with van der Waals surface area (Å²) in [6, 6.07) is 12.1. The Labute approximate surface area is 171 Å². The van der Waals surface area contributed by atoms with E-state index in [0.717, 1.165) is 17.7 Å². The molecule has 0 saturated carbocycles. The van der Waals surface area contributed by atoms with Crippen molar-refractivity contribution >= 4 is 29.9 Å². The Kier molecular flexibility index (Phi) is 9.79. The van der Waals surface area contributed by atoms with Crippen LogP contribution in [0.15, 0.2) is 47.5 Å². The van der Waals surface area contributed by atoms with Gasteiger partial charge in [0.15, 0.2) is 17.5 Å². The first-order chi connectivity index (χ1) is 12.2. The van der Waals surface area contributed by atoms with Gasteiger partial charge in [-0.05, 0) is 42.3 Å². The van der Waals surface area contributed by atoms with Crippen molar-refractivity contribution in [3.8, 4) is 11.5 Å². The zero-order chi connectivity index (χ0) is 18.1. The van der Waals surface area contributed by atoms with Gasteiger partial charge in [-0.25, -0.2) is 9.38 Å². The minimum Gasteiger partial charge on any atom is -0.493 e. The quantitative estimate of drug-likeness (QED) is 0.366. The van der Waals surface area contributed by atoms with Crippen LogP contribution in [0, 0.1) is 5.82 Å². The molecule has 0 saturated heterocycles. The summed E-state index contributed by atoms with van der Waals surface area (Å²) in [6.07, 6.45) is 0. The van der Waals surface area contributed by atoms with Crippen molar-refractivity contribution in [2.24, 2.45) is 4.99 Å². The molecule has 0 unspecified atom stereocenters. The largest absolute Gasteiger partial charge is 0.493 e. The number of hydrogen-bond donors (Lipinski definition) is 2. The zero-order valence-electron chi connectivity index (χ0n) is 15.2. The minimum absolute atomic E-state index is 0. The predicted molar refractivity (Wildman–Crippen MR) is 113 cm³/mol. The third-order valence-electron chi connectivity index (χ3n) is 3.59. The van der Waals surface area contributed by atoms with Gasteiger partial charge in [0, 0.05) is 13.1 Å². The van der Waals surface area contributed by atoms with Crippen molar-refractivity contribution in [2.75, 3.05) is 20.8 Å². The number of hydrogen-bond acceptors (Lipinski definition) is 3. The fourth-order valence-electron chi connectivity index (χ4n) is 2.28. The molecule has 0 heterocycles. The van der Waals surface area contributed by atoms with Gasteiger partial charge in [0.1, 0.15) is 5.82 Å². The van der Waals surface area contributed by atoms with Crippen molar-refractivity contribution in [2.45, 2.75) is 20.0 Å². The maximum Gasteiger partial charge on any atom is 0.191 e. The van der Waals surface area contributed by atoms with E-state index in [9.17, 15) is 4.39 Å². The Bertz CT molecular complexity index is 708. The number of halogens is 2. The number of benzene rings is 2. The highest BCUT2D eigenvalue weighted by Crippen LogP contribution is 2.27. The van der Waals surface area contributed by atoms with E-state index in [1.807, 2.05) is 25.1 Å². The van der Waals surface area contributed by atoms with Crippen LogP contribution in [0.3, 0.4) is 0 Å². The lowest BCUT2D eigenvalue weighted by molar-refractivity contribution is 0.354. The SMILES string of the molecule is CCNC(=NCc1ccc(OC)c(OC)c1)NCc1ccc(F)cc1.I. The molecule has 0 radical (unpaired) electrons. The van der Waals surface area contributed by atoms with Gasteiger partial charge in [0.25, 0.3) is 0 Å². The van der Waals surface area contributed by atoms with Gasteiger partial charge in [0.05, 0.1) is 20.8 Å². The van der Waals surface area contributed by atoms with E-state index in [1.54, 1.807) is 26.4 Å². The third kappa shape index (κ3) is 6.70. The molecule has 2 aromatic rings. The number of aliphatic imine (C=N–C) groups is 1. The normalized spacial score (nSPS) is 10.7. The van der Waals surface area contributed by atoms with Crippen LogP contribution in [-0.2, 0) is 13.1 Å². The van der Waals surface area contributed by atoms with Crippen LogP contribution in [0.4, 0.5) is 4.39 Å². The van der Waals surface area contributed by atoms with Crippen LogP contribution < -0.4 is 20.1 Å². The minimum atomic E-state index is -0.238. The molecule has 0 aliphatic rings. The molecule has 2 aromatic carbocycles. The molecule has 2 N–H and O–H groups in total. The number of nitrogens with zero attached hydrogens (tertiary/aromatic N) is 1. The molecular weight excluding hydrogens is 448 g/mol. The summed E-state index contributed by atoms with van der Waals surface area (Å²) < 4.78 is 23.5. The molecule has 0 fully saturated rings. The Hall–Kier alpha value is -2.03. The lowest BCUT2D eigenvalue weighted by atomic mass is 10.2. The van der Waals surface area contributed by atoms with Crippen LogP contribution in [0.1, 0.15) is 18.1 Å². The zero-order valence-corrected chi connectivity index (χ0v) is 17.5. The lowest BCUT2D eigenvalue weighted by Gasteiger charge is -2.12. The molecule has 0 amide bonds. The molecule has 5 nitrogen and oxygen atoms in total. The van der Waals surface area contributed by atoms with E-state index >= 15 is 0 Å². The number of methoxy groups -OCH3 is 2. The van der Waals surface area contributed by atoms with Gasteiger partial charge in [-0.15, -0.1) is 24.0 Å². The first kappa shape index (κ1) is 22.0. The summed E-state index contributed by atoms with van der Waals surface area (Å²) in [5.41, 5.74) is 2.00. The number of rotatable bonds is 7. The predicted octanol–water partition coefficient (Wildman–Crippen LogP) is 3.72. The van der Waals surface area contributed by atoms with Crippen molar-refractivity contribution in [3.05, 3.63) is 59.4 Å². The van der Waals surface area contributed by atoms with Gasteiger partial charge >= 0.3 is 0 Å². The third-order valence-corrected chi connectivity index (χ3v) is 3.59. The van der Waals surface area contributed by atoms with E-state index in [4.69, 9.17) is 9.47 Å². The standard InChI is InChI=1S/C19H24FN3O2.HI/c1-4-21-19(22-12-14-5-8-16(20)9-6-14)23-13-15-7-10-17(24-2)18(11-15)25-3;/h5-11H,4,12-13H2,1-3H3,(H2,21,22,23);1H. The molecule has 0 aliphatic carbocycles. The van der Waals surface area contributed by atoms with E-state index in [1.165, 1.54) is 12.1 Å². The maximum absolute atomic E-state index is 13.0. The summed E-state index contributed by atoms with van der Waals surface area (Å²) in [4.78, 5) is 4.57. The molecule has 26 heavy (non-hydrogen) atoms. The van der Waals surface area contributed by atoms with Gasteiger partial charge in [-0.3, -0.25) is 0 Å².